The van der Waals surface area contributed by atoms with Gasteiger partial charge in [0, 0.05) is 11.7 Å². The van der Waals surface area contributed by atoms with Crippen LogP contribution >= 0.6 is 0 Å². The van der Waals surface area contributed by atoms with Crippen LogP contribution in [0.25, 0.3) is 11.0 Å². The zero-order valence-corrected chi connectivity index (χ0v) is 18.9. The molecule has 2 N–H and O–H groups in total. The van der Waals surface area contributed by atoms with Gasteiger partial charge in [0.05, 0.1) is 11.1 Å². The Labute approximate surface area is 193 Å². The van der Waals surface area contributed by atoms with Gasteiger partial charge < -0.3 is 19.7 Å². The second-order valence-electron chi connectivity index (χ2n) is 9.67. The van der Waals surface area contributed by atoms with Crippen LogP contribution in [-0.2, 0) is 0 Å². The van der Waals surface area contributed by atoms with Gasteiger partial charge in [-0.05, 0) is 67.0 Å². The van der Waals surface area contributed by atoms with E-state index in [4.69, 9.17) is 0 Å². The van der Waals surface area contributed by atoms with Crippen molar-refractivity contribution in [3.05, 3.63) is 47.8 Å². The van der Waals surface area contributed by atoms with Gasteiger partial charge in [-0.2, -0.15) is 0 Å². The third-order valence-corrected chi connectivity index (χ3v) is 6.10. The molecule has 4 rings (SSSR count). The molecule has 10 heteroatoms. The first kappa shape index (κ1) is 23.8. The average molecular weight is 479 g/mol. The Bertz CT molecular complexity index is 1220. The standard InChI is InChI=1S/C24H25F4N3O3/c1-13-10-15(12-23(2,3)11-13)31-18-9-8-17(21(32)33)19(25)20(18)30-22(31)29-14-4-6-16(7-5-14)34-24(26,27)28/h4-9,13,15H,10-12H2,1-3H3,(H,29,30)(H,32,33)/t13-,15+/m0/s1. The number of benzene rings is 2. The number of ether oxygens (including phenoxy) is 1. The first-order valence-corrected chi connectivity index (χ1v) is 10.9. The van der Waals surface area contributed by atoms with E-state index in [-0.39, 0.29) is 28.7 Å². The number of hydrogen-bond acceptors (Lipinski definition) is 4. The van der Waals surface area contributed by atoms with Crippen molar-refractivity contribution in [3.63, 3.8) is 0 Å². The lowest BCUT2D eigenvalue weighted by Crippen LogP contribution is -2.29. The number of carboxylic acids is 1. The second kappa shape index (κ2) is 8.48. The summed E-state index contributed by atoms with van der Waals surface area (Å²) in [7, 11) is 0. The molecule has 1 fully saturated rings. The molecule has 0 spiro atoms. The number of nitrogens with zero attached hydrogens (tertiary/aromatic N) is 2. The third kappa shape index (κ3) is 4.95. The van der Waals surface area contributed by atoms with Gasteiger partial charge in [-0.3, -0.25) is 0 Å². The first-order valence-electron chi connectivity index (χ1n) is 10.9. The fourth-order valence-electron chi connectivity index (χ4n) is 5.11. The summed E-state index contributed by atoms with van der Waals surface area (Å²) < 4.78 is 58.2. The molecule has 2 atom stereocenters. The summed E-state index contributed by atoms with van der Waals surface area (Å²) in [5.74, 6) is -2.00. The SMILES string of the molecule is C[C@H]1C[C@@H](n2c(Nc3ccc(OC(F)(F)F)cc3)nc3c(F)c(C(=O)O)ccc32)CC(C)(C)C1. The minimum Gasteiger partial charge on any atom is -0.478 e. The van der Waals surface area contributed by atoms with Crippen LogP contribution in [0.3, 0.4) is 0 Å². The summed E-state index contributed by atoms with van der Waals surface area (Å²) in [5.41, 5.74) is 0.363. The van der Waals surface area contributed by atoms with E-state index in [1.165, 1.54) is 18.2 Å². The molecule has 1 aliphatic rings. The topological polar surface area (TPSA) is 76.4 Å². The highest BCUT2D eigenvalue weighted by Crippen LogP contribution is 2.46. The monoisotopic (exact) mass is 479 g/mol. The van der Waals surface area contributed by atoms with Crippen LogP contribution in [0.2, 0.25) is 0 Å². The minimum absolute atomic E-state index is 0.0332. The lowest BCUT2D eigenvalue weighted by atomic mass is 9.70. The first-order chi connectivity index (χ1) is 15.8. The number of anilines is 2. The molecule has 0 saturated heterocycles. The van der Waals surface area contributed by atoms with E-state index < -0.39 is 23.7 Å². The molecule has 2 aromatic carbocycles. The number of imidazole rings is 1. The Kier molecular flexibility index (Phi) is 5.95. The van der Waals surface area contributed by atoms with Crippen LogP contribution in [0.5, 0.6) is 5.75 Å². The third-order valence-electron chi connectivity index (χ3n) is 6.10. The number of carbonyl (C=O) groups is 1. The van der Waals surface area contributed by atoms with Crippen molar-refractivity contribution >= 4 is 28.6 Å². The number of hydrogen-bond donors (Lipinski definition) is 2. The summed E-state index contributed by atoms with van der Waals surface area (Å²) in [6.45, 7) is 6.50. The van der Waals surface area contributed by atoms with Crippen molar-refractivity contribution in [2.45, 2.75) is 52.4 Å². The molecule has 0 bridgehead atoms. The Morgan fingerprint density at radius 3 is 2.44 bits per heavy atom. The van der Waals surface area contributed by atoms with Gasteiger partial charge >= 0.3 is 12.3 Å². The van der Waals surface area contributed by atoms with E-state index in [0.717, 1.165) is 31.4 Å². The molecule has 1 aromatic heterocycles. The van der Waals surface area contributed by atoms with Crippen LogP contribution in [0.15, 0.2) is 36.4 Å². The molecule has 0 unspecified atom stereocenters. The van der Waals surface area contributed by atoms with Crippen molar-refractivity contribution in [1.82, 2.24) is 9.55 Å². The minimum atomic E-state index is -4.80. The second-order valence-corrected chi connectivity index (χ2v) is 9.67. The smallest absolute Gasteiger partial charge is 0.478 e. The maximum absolute atomic E-state index is 15.1. The van der Waals surface area contributed by atoms with Crippen molar-refractivity contribution in [1.29, 1.82) is 0 Å². The highest BCUT2D eigenvalue weighted by atomic mass is 19.4. The molecule has 0 amide bonds. The molecule has 1 aliphatic carbocycles. The van der Waals surface area contributed by atoms with E-state index in [1.807, 2.05) is 4.57 Å². The molecular formula is C24H25F4N3O3. The Morgan fingerprint density at radius 2 is 1.85 bits per heavy atom. The largest absolute Gasteiger partial charge is 0.573 e. The molecule has 6 nitrogen and oxygen atoms in total. The van der Waals surface area contributed by atoms with Crippen LogP contribution in [0.4, 0.5) is 29.2 Å². The maximum Gasteiger partial charge on any atom is 0.573 e. The zero-order chi connectivity index (χ0) is 24.8. The molecule has 3 aromatic rings. The van der Waals surface area contributed by atoms with Crippen LogP contribution < -0.4 is 10.1 Å². The van der Waals surface area contributed by atoms with Gasteiger partial charge in [0.25, 0.3) is 0 Å². The summed E-state index contributed by atoms with van der Waals surface area (Å²) >= 11 is 0. The number of nitrogens with one attached hydrogen (secondary N) is 1. The summed E-state index contributed by atoms with van der Waals surface area (Å²) in [6, 6.07) is 7.87. The van der Waals surface area contributed by atoms with E-state index in [1.54, 1.807) is 6.07 Å². The highest BCUT2D eigenvalue weighted by molar-refractivity contribution is 5.94. The normalized spacial score (nSPS) is 20.3. The van der Waals surface area contributed by atoms with Crippen molar-refractivity contribution < 1.29 is 32.2 Å². The number of halogens is 4. The van der Waals surface area contributed by atoms with E-state index in [0.29, 0.717) is 17.1 Å². The quantitative estimate of drug-likeness (QED) is 0.389. The zero-order valence-electron chi connectivity index (χ0n) is 18.9. The molecular weight excluding hydrogens is 454 g/mol. The van der Waals surface area contributed by atoms with Gasteiger partial charge in [0.1, 0.15) is 11.3 Å². The van der Waals surface area contributed by atoms with Gasteiger partial charge in [-0.15, -0.1) is 13.2 Å². The van der Waals surface area contributed by atoms with Crippen LogP contribution in [0.1, 0.15) is 56.4 Å². The predicted molar refractivity (Wildman–Crippen MR) is 119 cm³/mol. The van der Waals surface area contributed by atoms with Crippen LogP contribution in [-0.4, -0.2) is 27.0 Å². The molecule has 0 aliphatic heterocycles. The number of rotatable bonds is 5. The van der Waals surface area contributed by atoms with Crippen molar-refractivity contribution in [2.75, 3.05) is 5.32 Å². The van der Waals surface area contributed by atoms with Gasteiger partial charge in [0.2, 0.25) is 5.95 Å². The Balaban J connectivity index is 1.78. The number of aromatic carboxylic acids is 1. The maximum atomic E-state index is 15.1. The highest BCUT2D eigenvalue weighted by Gasteiger charge is 2.35. The summed E-state index contributed by atoms with van der Waals surface area (Å²) in [6.07, 6.45) is -2.13. The Hall–Kier alpha value is -3.30. The van der Waals surface area contributed by atoms with Gasteiger partial charge in [-0.1, -0.05) is 20.8 Å². The fourth-order valence-corrected chi connectivity index (χ4v) is 5.11. The average Bonchev–Trinajstić information content (AvgIpc) is 3.06. The summed E-state index contributed by atoms with van der Waals surface area (Å²) in [5, 5.41) is 12.4. The van der Waals surface area contributed by atoms with E-state index in [2.05, 4.69) is 35.8 Å². The lowest BCUT2D eigenvalue weighted by molar-refractivity contribution is -0.274. The van der Waals surface area contributed by atoms with Gasteiger partial charge in [0.15, 0.2) is 5.82 Å². The number of carboxylic acid groups (broad SMARTS) is 1. The molecule has 0 radical (unpaired) electrons. The van der Waals surface area contributed by atoms with Crippen molar-refractivity contribution in [3.8, 4) is 5.75 Å². The van der Waals surface area contributed by atoms with E-state index in [9.17, 15) is 23.1 Å². The predicted octanol–water partition coefficient (Wildman–Crippen LogP) is 6.90. The van der Waals surface area contributed by atoms with E-state index >= 15 is 4.39 Å². The van der Waals surface area contributed by atoms with Crippen molar-refractivity contribution in [2.24, 2.45) is 11.3 Å². The molecule has 34 heavy (non-hydrogen) atoms. The number of alkyl halides is 3. The molecule has 1 saturated carbocycles. The molecule has 1 heterocycles. The lowest BCUT2D eigenvalue weighted by Gasteiger charge is -2.40. The van der Waals surface area contributed by atoms with Gasteiger partial charge in [-0.25, -0.2) is 14.2 Å². The molecule has 182 valence electrons. The van der Waals surface area contributed by atoms with Crippen LogP contribution in [0, 0.1) is 17.2 Å². The number of fused-ring (bicyclic) bond motifs is 1. The summed E-state index contributed by atoms with van der Waals surface area (Å²) in [4.78, 5) is 15.8. The fraction of sp³-hybridized carbons (Fsp3) is 0.417. The Morgan fingerprint density at radius 1 is 1.18 bits per heavy atom. The number of aromatic nitrogens is 2.